The van der Waals surface area contributed by atoms with E-state index >= 15 is 0 Å². The lowest BCUT2D eigenvalue weighted by atomic mass is 9.77. The van der Waals surface area contributed by atoms with Gasteiger partial charge >= 0.3 is 0 Å². The van der Waals surface area contributed by atoms with Gasteiger partial charge in [0.05, 0.1) is 0 Å². The average molecular weight is 347 g/mol. The van der Waals surface area contributed by atoms with Gasteiger partial charge in [-0.05, 0) is 42.1 Å². The van der Waals surface area contributed by atoms with Crippen LogP contribution in [-0.4, -0.2) is 41.7 Å². The van der Waals surface area contributed by atoms with Gasteiger partial charge in [-0.25, -0.2) is 0 Å². The van der Waals surface area contributed by atoms with Crippen LogP contribution in [0.1, 0.15) is 22.7 Å². The van der Waals surface area contributed by atoms with Crippen LogP contribution in [0.3, 0.4) is 0 Å². The third-order valence-corrected chi connectivity index (χ3v) is 6.01. The van der Waals surface area contributed by atoms with Crippen LogP contribution in [0.5, 0.6) is 11.5 Å². The summed E-state index contributed by atoms with van der Waals surface area (Å²) in [6.07, 6.45) is 1.22. The molecule has 0 bridgehead atoms. The number of benzene rings is 2. The first-order valence-electron chi connectivity index (χ1n) is 7.66. The van der Waals surface area contributed by atoms with Crippen molar-refractivity contribution in [3.05, 3.63) is 41.0 Å². The van der Waals surface area contributed by atoms with Crippen molar-refractivity contribution in [1.82, 2.24) is 4.90 Å². The molecule has 0 saturated carbocycles. The zero-order valence-electron chi connectivity index (χ0n) is 13.0. The smallest absolute Gasteiger partial charge is 0.294 e. The van der Waals surface area contributed by atoms with Crippen LogP contribution in [-0.2, 0) is 23.0 Å². The predicted octanol–water partition coefficient (Wildman–Crippen LogP) is 2.10. The van der Waals surface area contributed by atoms with E-state index in [2.05, 4.69) is 4.90 Å². The van der Waals surface area contributed by atoms with Crippen LogP contribution in [0.4, 0.5) is 0 Å². The summed E-state index contributed by atoms with van der Waals surface area (Å²) < 4.78 is 33.1. The molecule has 1 atom stereocenters. The summed E-state index contributed by atoms with van der Waals surface area (Å²) in [5.41, 5.74) is 3.57. The van der Waals surface area contributed by atoms with E-state index in [9.17, 15) is 23.2 Å². The minimum Gasteiger partial charge on any atom is -0.504 e. The fourth-order valence-electron chi connectivity index (χ4n) is 3.96. The van der Waals surface area contributed by atoms with Gasteiger partial charge in [-0.2, -0.15) is 8.42 Å². The molecule has 2 aliphatic rings. The minimum atomic E-state index is -4.52. The lowest BCUT2D eigenvalue weighted by molar-refractivity contribution is 0.227. The molecule has 2 aromatic rings. The van der Waals surface area contributed by atoms with Crippen molar-refractivity contribution in [2.75, 3.05) is 13.6 Å². The molecule has 0 unspecified atom stereocenters. The molecule has 0 spiro atoms. The van der Waals surface area contributed by atoms with Gasteiger partial charge in [0, 0.05) is 24.2 Å². The van der Waals surface area contributed by atoms with Gasteiger partial charge in [0.25, 0.3) is 10.1 Å². The zero-order valence-corrected chi connectivity index (χ0v) is 13.8. The van der Waals surface area contributed by atoms with Crippen LogP contribution in [0.2, 0.25) is 0 Å². The summed E-state index contributed by atoms with van der Waals surface area (Å²) in [7, 11) is -2.54. The van der Waals surface area contributed by atoms with Crippen molar-refractivity contribution in [2.45, 2.75) is 23.8 Å². The molecule has 1 aliphatic heterocycles. The van der Waals surface area contributed by atoms with Crippen LogP contribution >= 0.6 is 0 Å². The van der Waals surface area contributed by atoms with Crippen LogP contribution in [0.25, 0.3) is 11.1 Å². The fourth-order valence-corrected chi connectivity index (χ4v) is 4.72. The van der Waals surface area contributed by atoms with Crippen molar-refractivity contribution < 1.29 is 23.2 Å². The van der Waals surface area contributed by atoms with E-state index in [0.29, 0.717) is 23.1 Å². The maximum absolute atomic E-state index is 11.8. The lowest BCUT2D eigenvalue weighted by Gasteiger charge is -2.40. The maximum atomic E-state index is 11.8. The summed E-state index contributed by atoms with van der Waals surface area (Å²) >= 11 is 0. The Hall–Kier alpha value is -2.09. The minimum absolute atomic E-state index is 0.0260. The number of phenols is 2. The predicted molar refractivity (Wildman–Crippen MR) is 87.8 cm³/mol. The average Bonchev–Trinajstić information content (AvgIpc) is 2.52. The molecular weight excluding hydrogens is 330 g/mol. The Kier molecular flexibility index (Phi) is 3.19. The third kappa shape index (κ3) is 2.05. The van der Waals surface area contributed by atoms with Crippen molar-refractivity contribution in [1.29, 1.82) is 0 Å². The van der Waals surface area contributed by atoms with Gasteiger partial charge in [-0.1, -0.05) is 18.2 Å². The molecule has 3 N–H and O–H groups in total. The molecule has 126 valence electrons. The van der Waals surface area contributed by atoms with E-state index in [1.54, 1.807) is 0 Å². The second-order valence-corrected chi connectivity index (χ2v) is 7.79. The number of aromatic hydroxyl groups is 2. The zero-order chi connectivity index (χ0) is 17.2. The molecule has 0 aromatic heterocycles. The highest BCUT2D eigenvalue weighted by atomic mass is 32.2. The fraction of sp³-hybridized carbons (Fsp3) is 0.294. The summed E-state index contributed by atoms with van der Waals surface area (Å²) in [4.78, 5) is 1.80. The normalized spacial score (nSPS) is 19.7. The summed E-state index contributed by atoms with van der Waals surface area (Å²) in [5, 5.41) is 20.3. The van der Waals surface area contributed by atoms with Crippen LogP contribution < -0.4 is 0 Å². The van der Waals surface area contributed by atoms with Crippen molar-refractivity contribution in [3.8, 4) is 22.6 Å². The Balaban J connectivity index is 2.13. The summed E-state index contributed by atoms with van der Waals surface area (Å²) in [5.74, 6) is -0.904. The number of likely N-dealkylation sites (N-methyl/N-ethyl adjacent to an activating group) is 1. The highest BCUT2D eigenvalue weighted by Crippen LogP contribution is 2.51. The molecule has 2 aromatic carbocycles. The molecule has 0 saturated heterocycles. The van der Waals surface area contributed by atoms with Crippen molar-refractivity contribution in [2.24, 2.45) is 0 Å². The first-order chi connectivity index (χ1) is 11.3. The second-order valence-electron chi connectivity index (χ2n) is 6.40. The van der Waals surface area contributed by atoms with E-state index in [4.69, 9.17) is 0 Å². The van der Waals surface area contributed by atoms with Gasteiger partial charge in [0.2, 0.25) is 0 Å². The summed E-state index contributed by atoms with van der Waals surface area (Å²) in [6.45, 7) is 0.849. The second kappa shape index (κ2) is 4.95. The molecule has 24 heavy (non-hydrogen) atoms. The van der Waals surface area contributed by atoms with Gasteiger partial charge in [0.15, 0.2) is 11.5 Å². The largest absolute Gasteiger partial charge is 0.504 e. The monoisotopic (exact) mass is 347 g/mol. The Bertz CT molecular complexity index is 967. The van der Waals surface area contributed by atoms with E-state index in [-0.39, 0.29) is 16.7 Å². The van der Waals surface area contributed by atoms with Gasteiger partial charge in [-0.3, -0.25) is 9.45 Å². The Morgan fingerprint density at radius 2 is 2.00 bits per heavy atom. The highest BCUT2D eigenvalue weighted by Gasteiger charge is 2.37. The Labute approximate surface area is 139 Å². The summed E-state index contributed by atoms with van der Waals surface area (Å²) in [6, 6.07) is 6.61. The first kappa shape index (κ1) is 15.4. The van der Waals surface area contributed by atoms with E-state index in [1.807, 2.05) is 25.2 Å². The Morgan fingerprint density at radius 3 is 2.71 bits per heavy atom. The maximum Gasteiger partial charge on any atom is 0.294 e. The quantitative estimate of drug-likeness (QED) is 0.540. The third-order valence-electron chi connectivity index (χ3n) is 5.09. The van der Waals surface area contributed by atoms with Gasteiger partial charge in [-0.15, -0.1) is 0 Å². The van der Waals surface area contributed by atoms with Crippen LogP contribution in [0.15, 0.2) is 29.2 Å². The molecule has 4 rings (SSSR count). The molecule has 7 heteroatoms. The number of hydrogen-bond acceptors (Lipinski definition) is 5. The number of hydrogen-bond donors (Lipinski definition) is 3. The van der Waals surface area contributed by atoms with Crippen LogP contribution in [0, 0.1) is 0 Å². The number of phenolic OH excluding ortho intramolecular Hbond substituents is 2. The van der Waals surface area contributed by atoms with Crippen molar-refractivity contribution in [3.63, 3.8) is 0 Å². The topological polar surface area (TPSA) is 98.1 Å². The number of nitrogens with zero attached hydrogens (tertiary/aromatic N) is 1. The number of fused-ring (bicyclic) bond motifs is 2. The molecular formula is C17H17NO5S. The van der Waals surface area contributed by atoms with E-state index in [1.165, 1.54) is 0 Å². The number of rotatable bonds is 1. The highest BCUT2D eigenvalue weighted by molar-refractivity contribution is 7.85. The lowest BCUT2D eigenvalue weighted by Crippen LogP contribution is -2.36. The molecule has 1 aliphatic carbocycles. The standard InChI is InChI=1S/C17H17NO5S/c1-18-6-5-9-3-2-4-10-15(9)12(18)7-11-14(24(21,22)23)8-13(19)17(20)16(10)11/h2-4,8,12,19-20H,5-7H2,1H3,(H,21,22,23)/t12-/m1/s1. The van der Waals surface area contributed by atoms with Gasteiger partial charge < -0.3 is 10.2 Å². The van der Waals surface area contributed by atoms with Gasteiger partial charge in [0.1, 0.15) is 4.90 Å². The van der Waals surface area contributed by atoms with E-state index < -0.39 is 15.9 Å². The first-order valence-corrected chi connectivity index (χ1v) is 9.10. The molecule has 6 nitrogen and oxygen atoms in total. The molecule has 0 amide bonds. The molecule has 0 radical (unpaired) electrons. The molecule has 1 heterocycles. The SMILES string of the molecule is CN1CCc2cccc3c2[C@H]1Cc1c(S(=O)(=O)O)cc(O)c(O)c1-3. The molecule has 0 fully saturated rings. The van der Waals surface area contributed by atoms with E-state index in [0.717, 1.165) is 30.2 Å². The Morgan fingerprint density at radius 1 is 1.25 bits per heavy atom. The van der Waals surface area contributed by atoms with Crippen molar-refractivity contribution >= 4 is 10.1 Å².